The molecular formula is C23H14ClNO. The molecule has 3 aromatic carbocycles. The summed E-state index contributed by atoms with van der Waals surface area (Å²) in [6.45, 7) is 0. The second kappa shape index (κ2) is 6.92. The molecule has 0 N–H and O–H groups in total. The van der Waals surface area contributed by atoms with E-state index in [1.807, 2.05) is 66.7 Å². The van der Waals surface area contributed by atoms with E-state index in [1.165, 1.54) is 0 Å². The van der Waals surface area contributed by atoms with Gasteiger partial charge in [-0.05, 0) is 41.5 Å². The van der Waals surface area contributed by atoms with E-state index in [2.05, 4.69) is 6.07 Å². The highest BCUT2D eigenvalue weighted by molar-refractivity contribution is 6.30. The van der Waals surface area contributed by atoms with E-state index >= 15 is 0 Å². The first-order chi connectivity index (χ1) is 12.7. The third-order valence-corrected chi connectivity index (χ3v) is 4.45. The highest BCUT2D eigenvalue weighted by Crippen LogP contribution is 2.28. The molecule has 3 heteroatoms. The molecule has 0 saturated carbocycles. The zero-order valence-electron chi connectivity index (χ0n) is 13.8. The number of nitriles is 1. The Kier molecular flexibility index (Phi) is 4.31. The molecule has 0 spiro atoms. The molecule has 26 heavy (non-hydrogen) atoms. The lowest BCUT2D eigenvalue weighted by atomic mass is 10.1. The van der Waals surface area contributed by atoms with Crippen molar-refractivity contribution in [1.29, 1.82) is 5.26 Å². The third kappa shape index (κ3) is 3.26. The molecule has 0 amide bonds. The fourth-order valence-corrected chi connectivity index (χ4v) is 3.02. The quantitative estimate of drug-likeness (QED) is 0.379. The monoisotopic (exact) mass is 355 g/mol. The summed E-state index contributed by atoms with van der Waals surface area (Å²) in [4.78, 5) is 0. The molecule has 1 heterocycles. The summed E-state index contributed by atoms with van der Waals surface area (Å²) >= 11 is 6.02. The minimum absolute atomic E-state index is 0.601. The Labute approximate surface area is 156 Å². The van der Waals surface area contributed by atoms with Crippen molar-refractivity contribution in [2.24, 2.45) is 0 Å². The normalized spacial score (nSPS) is 11.1. The number of para-hydroxylation sites is 1. The van der Waals surface area contributed by atoms with Gasteiger partial charge in [0, 0.05) is 16.0 Å². The van der Waals surface area contributed by atoms with Crippen LogP contribution in [0.2, 0.25) is 5.02 Å². The number of halogens is 1. The molecule has 0 aliphatic carbocycles. The Hall–Kier alpha value is -3.28. The van der Waals surface area contributed by atoms with Crippen LogP contribution in [-0.4, -0.2) is 0 Å². The molecule has 0 fully saturated rings. The van der Waals surface area contributed by atoms with Gasteiger partial charge in [-0.3, -0.25) is 0 Å². The van der Waals surface area contributed by atoms with Gasteiger partial charge in [0.2, 0.25) is 0 Å². The molecule has 0 aliphatic heterocycles. The zero-order chi connectivity index (χ0) is 17.9. The van der Waals surface area contributed by atoms with Gasteiger partial charge in [-0.15, -0.1) is 0 Å². The van der Waals surface area contributed by atoms with Crippen molar-refractivity contribution in [3.8, 4) is 17.4 Å². The fraction of sp³-hybridized carbons (Fsp3) is 0. The van der Waals surface area contributed by atoms with E-state index < -0.39 is 0 Å². The van der Waals surface area contributed by atoms with Crippen LogP contribution in [0.5, 0.6) is 0 Å². The van der Waals surface area contributed by atoms with Gasteiger partial charge in [0.15, 0.2) is 0 Å². The molecule has 0 radical (unpaired) electrons. The lowest BCUT2D eigenvalue weighted by molar-refractivity contribution is 0.631. The molecule has 1 aromatic heterocycles. The molecule has 4 aromatic rings. The van der Waals surface area contributed by atoms with Crippen molar-refractivity contribution in [3.63, 3.8) is 0 Å². The van der Waals surface area contributed by atoms with Crippen LogP contribution in [0.1, 0.15) is 16.7 Å². The summed E-state index contributed by atoms with van der Waals surface area (Å²) in [5.41, 5.74) is 4.36. The van der Waals surface area contributed by atoms with Crippen molar-refractivity contribution >= 4 is 34.7 Å². The van der Waals surface area contributed by atoms with Gasteiger partial charge in [-0.25, -0.2) is 0 Å². The summed E-state index contributed by atoms with van der Waals surface area (Å²) in [6, 6.07) is 25.5. The summed E-state index contributed by atoms with van der Waals surface area (Å²) in [5, 5.41) is 10.9. The number of rotatable bonds is 3. The van der Waals surface area contributed by atoms with E-state index in [9.17, 15) is 5.26 Å². The van der Waals surface area contributed by atoms with E-state index in [-0.39, 0.29) is 0 Å². The van der Waals surface area contributed by atoms with E-state index in [1.54, 1.807) is 18.2 Å². The second-order valence-corrected chi connectivity index (χ2v) is 6.38. The van der Waals surface area contributed by atoms with Crippen molar-refractivity contribution in [2.45, 2.75) is 0 Å². The van der Waals surface area contributed by atoms with E-state index in [4.69, 9.17) is 16.0 Å². The van der Waals surface area contributed by atoms with Gasteiger partial charge >= 0.3 is 0 Å². The Morgan fingerprint density at radius 3 is 2.46 bits per heavy atom. The molecule has 0 saturated heterocycles. The first-order valence-electron chi connectivity index (χ1n) is 8.20. The van der Waals surface area contributed by atoms with Crippen molar-refractivity contribution < 1.29 is 4.42 Å². The highest BCUT2D eigenvalue weighted by Gasteiger charge is 2.05. The van der Waals surface area contributed by atoms with Crippen molar-refractivity contribution in [2.75, 3.05) is 0 Å². The molecule has 0 atom stereocenters. The van der Waals surface area contributed by atoms with E-state index in [0.29, 0.717) is 10.6 Å². The van der Waals surface area contributed by atoms with Crippen LogP contribution in [0.25, 0.3) is 34.4 Å². The second-order valence-electron chi connectivity index (χ2n) is 5.95. The predicted molar refractivity (Wildman–Crippen MR) is 107 cm³/mol. The predicted octanol–water partition coefficient (Wildman–Crippen LogP) is 6.80. The number of hydrogen-bond acceptors (Lipinski definition) is 2. The van der Waals surface area contributed by atoms with Crippen LogP contribution in [0, 0.1) is 11.3 Å². The maximum Gasteiger partial charge on any atom is 0.135 e. The molecule has 2 nitrogen and oxygen atoms in total. The Bertz CT molecular complexity index is 1110. The van der Waals surface area contributed by atoms with Gasteiger partial charge < -0.3 is 4.42 Å². The average Bonchev–Trinajstić information content (AvgIpc) is 3.11. The SMILES string of the molecule is N#Cc1ccc(Cl)cc1C=Cc1ccc(-c2cc3ccccc3o2)cc1. The molecule has 4 rings (SSSR count). The molecule has 0 unspecified atom stereocenters. The zero-order valence-corrected chi connectivity index (χ0v) is 14.6. The van der Waals surface area contributed by atoms with Crippen LogP contribution in [0.4, 0.5) is 0 Å². The third-order valence-electron chi connectivity index (χ3n) is 4.21. The Morgan fingerprint density at radius 2 is 1.69 bits per heavy atom. The highest BCUT2D eigenvalue weighted by atomic mass is 35.5. The van der Waals surface area contributed by atoms with Gasteiger partial charge in [-0.2, -0.15) is 5.26 Å². The molecule has 0 aliphatic rings. The van der Waals surface area contributed by atoms with Crippen LogP contribution in [0.15, 0.2) is 77.2 Å². The largest absolute Gasteiger partial charge is 0.456 e. The van der Waals surface area contributed by atoms with Crippen LogP contribution >= 0.6 is 11.6 Å². The lowest BCUT2D eigenvalue weighted by Gasteiger charge is -2.00. The van der Waals surface area contributed by atoms with Gasteiger partial charge in [0.05, 0.1) is 11.6 Å². The van der Waals surface area contributed by atoms with Crippen molar-refractivity contribution in [3.05, 3.63) is 94.5 Å². The van der Waals surface area contributed by atoms with Gasteiger partial charge in [-0.1, -0.05) is 66.2 Å². The van der Waals surface area contributed by atoms with Gasteiger partial charge in [0.1, 0.15) is 11.3 Å². The number of furan rings is 1. The molecule has 124 valence electrons. The standard InChI is InChI=1S/C23H14ClNO/c24-21-12-11-20(15-25)18(13-21)10-7-16-5-8-17(9-6-16)23-14-19-3-1-2-4-22(19)26-23/h1-14H. The molecule has 0 bridgehead atoms. The minimum Gasteiger partial charge on any atom is -0.456 e. The lowest BCUT2D eigenvalue weighted by Crippen LogP contribution is -1.81. The maximum absolute atomic E-state index is 9.19. The first-order valence-corrected chi connectivity index (χ1v) is 8.57. The summed E-state index contributed by atoms with van der Waals surface area (Å²) in [5.74, 6) is 0.850. The summed E-state index contributed by atoms with van der Waals surface area (Å²) in [7, 11) is 0. The van der Waals surface area contributed by atoms with Crippen LogP contribution in [0.3, 0.4) is 0 Å². The van der Waals surface area contributed by atoms with Crippen molar-refractivity contribution in [1.82, 2.24) is 0 Å². The Balaban J connectivity index is 1.60. The first kappa shape index (κ1) is 16.2. The van der Waals surface area contributed by atoms with Crippen LogP contribution < -0.4 is 0 Å². The number of fused-ring (bicyclic) bond motifs is 1. The maximum atomic E-state index is 9.19. The minimum atomic E-state index is 0.601. The Morgan fingerprint density at radius 1 is 0.885 bits per heavy atom. The fourth-order valence-electron chi connectivity index (χ4n) is 2.84. The molecular weight excluding hydrogens is 342 g/mol. The average molecular weight is 356 g/mol. The van der Waals surface area contributed by atoms with Gasteiger partial charge in [0.25, 0.3) is 0 Å². The number of hydrogen-bond donors (Lipinski definition) is 0. The number of benzene rings is 3. The smallest absolute Gasteiger partial charge is 0.135 e. The topological polar surface area (TPSA) is 36.9 Å². The summed E-state index contributed by atoms with van der Waals surface area (Å²) < 4.78 is 5.90. The van der Waals surface area contributed by atoms with Crippen LogP contribution in [-0.2, 0) is 0 Å². The van der Waals surface area contributed by atoms with E-state index in [0.717, 1.165) is 33.4 Å². The number of nitrogens with zero attached hydrogens (tertiary/aromatic N) is 1. The summed E-state index contributed by atoms with van der Waals surface area (Å²) in [6.07, 6.45) is 3.87.